The van der Waals surface area contributed by atoms with E-state index >= 15 is 0 Å². The summed E-state index contributed by atoms with van der Waals surface area (Å²) in [7, 11) is 1.81. The Morgan fingerprint density at radius 1 is 1.42 bits per heavy atom. The van der Waals surface area contributed by atoms with E-state index in [1.165, 1.54) is 0 Å². The Bertz CT molecular complexity index is 422. The number of carbonyl (C=O) groups is 1. The van der Waals surface area contributed by atoms with Crippen LogP contribution >= 0.6 is 24.0 Å². The molecule has 0 fully saturated rings. The molecular weight excluding hydrogens is 283 g/mol. The molecule has 1 rings (SSSR count). The van der Waals surface area contributed by atoms with E-state index in [1.54, 1.807) is 11.0 Å². The number of hydrogen-bond donors (Lipinski definition) is 1. The van der Waals surface area contributed by atoms with Crippen LogP contribution in [0.15, 0.2) is 24.3 Å². The van der Waals surface area contributed by atoms with E-state index in [0.717, 1.165) is 5.56 Å². The van der Waals surface area contributed by atoms with Gasteiger partial charge in [0.05, 0.1) is 6.42 Å². The van der Waals surface area contributed by atoms with Crippen LogP contribution in [-0.2, 0) is 11.2 Å². The van der Waals surface area contributed by atoms with E-state index in [4.69, 9.17) is 17.3 Å². The molecule has 2 N–H and O–H groups in total. The minimum absolute atomic E-state index is 0. The molecule has 1 aromatic carbocycles. The predicted octanol–water partition coefficient (Wildman–Crippen LogP) is 2.75. The lowest BCUT2D eigenvalue weighted by Crippen LogP contribution is -2.40. The molecule has 108 valence electrons. The summed E-state index contributed by atoms with van der Waals surface area (Å²) in [6, 6.07) is 7.39. The summed E-state index contributed by atoms with van der Waals surface area (Å²) in [5.74, 6) is 0.0822. The number of benzene rings is 1. The molecule has 1 amide bonds. The normalized spacial score (nSPS) is 10.8. The van der Waals surface area contributed by atoms with Gasteiger partial charge in [-0.2, -0.15) is 0 Å². The van der Waals surface area contributed by atoms with Crippen molar-refractivity contribution in [3.8, 4) is 0 Å². The average Bonchev–Trinajstić information content (AvgIpc) is 2.28. The molecule has 0 saturated heterocycles. The van der Waals surface area contributed by atoms with E-state index < -0.39 is 0 Å². The molecule has 3 nitrogen and oxygen atoms in total. The third kappa shape index (κ3) is 6.28. The maximum absolute atomic E-state index is 12.1. The SMILES string of the molecule is CN(CC(C)(C)CN)C(=O)Cc1cccc(Cl)c1.Cl. The standard InChI is InChI=1S/C14H21ClN2O.ClH/c1-14(2,9-16)10-17(3)13(18)8-11-5-4-6-12(15)7-11;/h4-7H,8-10,16H2,1-3H3;1H. The number of halogens is 2. The van der Waals surface area contributed by atoms with Gasteiger partial charge in [0, 0.05) is 18.6 Å². The fourth-order valence-electron chi connectivity index (χ4n) is 1.75. The quantitative estimate of drug-likeness (QED) is 0.909. The van der Waals surface area contributed by atoms with Crippen LogP contribution in [0.2, 0.25) is 5.02 Å². The molecule has 0 aliphatic carbocycles. The number of rotatable bonds is 5. The Labute approximate surface area is 126 Å². The second-order valence-corrected chi connectivity index (χ2v) is 5.86. The summed E-state index contributed by atoms with van der Waals surface area (Å²) in [5.41, 5.74) is 6.55. The van der Waals surface area contributed by atoms with Crippen molar-refractivity contribution in [1.82, 2.24) is 4.90 Å². The first-order valence-corrected chi connectivity index (χ1v) is 6.40. The summed E-state index contributed by atoms with van der Waals surface area (Å²) in [6.45, 7) is 5.32. The van der Waals surface area contributed by atoms with Crippen LogP contribution in [0.4, 0.5) is 0 Å². The van der Waals surface area contributed by atoms with Gasteiger partial charge in [0.2, 0.25) is 5.91 Å². The van der Waals surface area contributed by atoms with Gasteiger partial charge in [-0.1, -0.05) is 37.6 Å². The highest BCUT2D eigenvalue weighted by Crippen LogP contribution is 2.16. The van der Waals surface area contributed by atoms with E-state index in [9.17, 15) is 4.79 Å². The molecule has 0 aliphatic rings. The van der Waals surface area contributed by atoms with Crippen LogP contribution in [-0.4, -0.2) is 30.9 Å². The van der Waals surface area contributed by atoms with Crippen molar-refractivity contribution in [1.29, 1.82) is 0 Å². The molecule has 19 heavy (non-hydrogen) atoms. The summed E-state index contributed by atoms with van der Waals surface area (Å²) >= 11 is 5.90. The molecule has 0 heterocycles. The average molecular weight is 305 g/mol. The first-order chi connectivity index (χ1) is 8.34. The number of hydrogen-bond acceptors (Lipinski definition) is 2. The van der Waals surface area contributed by atoms with E-state index in [1.807, 2.05) is 25.2 Å². The van der Waals surface area contributed by atoms with Gasteiger partial charge >= 0.3 is 0 Å². The molecule has 0 spiro atoms. The van der Waals surface area contributed by atoms with E-state index in [2.05, 4.69) is 13.8 Å². The molecule has 0 saturated carbocycles. The minimum atomic E-state index is -0.0568. The van der Waals surface area contributed by atoms with Gasteiger partial charge in [-0.05, 0) is 29.7 Å². The Morgan fingerprint density at radius 2 is 2.05 bits per heavy atom. The Balaban J connectivity index is 0.00000324. The van der Waals surface area contributed by atoms with Crippen molar-refractivity contribution < 1.29 is 4.79 Å². The summed E-state index contributed by atoms with van der Waals surface area (Å²) in [5, 5.41) is 0.658. The van der Waals surface area contributed by atoms with Gasteiger partial charge in [-0.15, -0.1) is 12.4 Å². The fraction of sp³-hybridized carbons (Fsp3) is 0.500. The lowest BCUT2D eigenvalue weighted by molar-refractivity contribution is -0.130. The minimum Gasteiger partial charge on any atom is -0.345 e. The van der Waals surface area contributed by atoms with Gasteiger partial charge in [0.15, 0.2) is 0 Å². The highest BCUT2D eigenvalue weighted by atomic mass is 35.5. The molecule has 1 aromatic rings. The number of nitrogens with two attached hydrogens (primary N) is 1. The van der Waals surface area contributed by atoms with Crippen LogP contribution in [0, 0.1) is 5.41 Å². The molecule has 0 aliphatic heterocycles. The van der Waals surface area contributed by atoms with Crippen molar-refractivity contribution >= 4 is 29.9 Å². The Morgan fingerprint density at radius 3 is 2.58 bits per heavy atom. The van der Waals surface area contributed by atoms with Gasteiger partial charge in [0.1, 0.15) is 0 Å². The van der Waals surface area contributed by atoms with Gasteiger partial charge < -0.3 is 10.6 Å². The van der Waals surface area contributed by atoms with Gasteiger partial charge in [-0.25, -0.2) is 0 Å². The summed E-state index contributed by atoms with van der Waals surface area (Å²) < 4.78 is 0. The van der Waals surface area contributed by atoms with Crippen molar-refractivity contribution in [3.63, 3.8) is 0 Å². The highest BCUT2D eigenvalue weighted by Gasteiger charge is 2.21. The first-order valence-electron chi connectivity index (χ1n) is 6.02. The van der Waals surface area contributed by atoms with Crippen molar-refractivity contribution in [2.75, 3.05) is 20.1 Å². The molecule has 0 atom stereocenters. The lowest BCUT2D eigenvalue weighted by Gasteiger charge is -2.29. The van der Waals surface area contributed by atoms with E-state index in [-0.39, 0.29) is 23.7 Å². The lowest BCUT2D eigenvalue weighted by atomic mass is 9.93. The largest absolute Gasteiger partial charge is 0.345 e. The summed E-state index contributed by atoms with van der Waals surface area (Å²) in [6.07, 6.45) is 0.373. The number of amides is 1. The van der Waals surface area contributed by atoms with Crippen molar-refractivity contribution in [2.24, 2.45) is 11.1 Å². The Hall–Kier alpha value is -0.770. The summed E-state index contributed by atoms with van der Waals surface area (Å²) in [4.78, 5) is 13.8. The second-order valence-electron chi connectivity index (χ2n) is 5.42. The first kappa shape index (κ1) is 18.2. The molecule has 0 aromatic heterocycles. The molecule has 5 heteroatoms. The molecular formula is C14H22Cl2N2O. The molecule has 0 unspecified atom stereocenters. The zero-order chi connectivity index (χ0) is 13.8. The third-order valence-corrected chi connectivity index (χ3v) is 3.12. The Kier molecular flexibility index (Phi) is 7.42. The third-order valence-electron chi connectivity index (χ3n) is 2.89. The fourth-order valence-corrected chi connectivity index (χ4v) is 1.96. The highest BCUT2D eigenvalue weighted by molar-refractivity contribution is 6.30. The molecule has 0 radical (unpaired) electrons. The van der Waals surface area contributed by atoms with E-state index in [0.29, 0.717) is 24.5 Å². The maximum Gasteiger partial charge on any atom is 0.226 e. The predicted molar refractivity (Wildman–Crippen MR) is 82.9 cm³/mol. The smallest absolute Gasteiger partial charge is 0.226 e. The monoisotopic (exact) mass is 304 g/mol. The van der Waals surface area contributed by atoms with Crippen molar-refractivity contribution in [2.45, 2.75) is 20.3 Å². The van der Waals surface area contributed by atoms with Crippen LogP contribution in [0.5, 0.6) is 0 Å². The van der Waals surface area contributed by atoms with Crippen LogP contribution in [0.25, 0.3) is 0 Å². The topological polar surface area (TPSA) is 46.3 Å². The maximum atomic E-state index is 12.1. The number of nitrogens with zero attached hydrogens (tertiary/aromatic N) is 1. The van der Waals surface area contributed by atoms with Gasteiger partial charge in [0.25, 0.3) is 0 Å². The second kappa shape index (κ2) is 7.73. The molecule has 0 bridgehead atoms. The van der Waals surface area contributed by atoms with Crippen LogP contribution in [0.3, 0.4) is 0 Å². The van der Waals surface area contributed by atoms with Crippen LogP contribution < -0.4 is 5.73 Å². The number of likely N-dealkylation sites (N-methyl/N-ethyl adjacent to an activating group) is 1. The number of carbonyl (C=O) groups excluding carboxylic acids is 1. The van der Waals surface area contributed by atoms with Gasteiger partial charge in [-0.3, -0.25) is 4.79 Å². The zero-order valence-electron chi connectivity index (χ0n) is 11.6. The zero-order valence-corrected chi connectivity index (χ0v) is 13.2. The van der Waals surface area contributed by atoms with Crippen LogP contribution in [0.1, 0.15) is 19.4 Å². The van der Waals surface area contributed by atoms with Crippen molar-refractivity contribution in [3.05, 3.63) is 34.9 Å².